The molecule has 0 saturated carbocycles. The lowest BCUT2D eigenvalue weighted by molar-refractivity contribution is -0.106. The van der Waals surface area contributed by atoms with Gasteiger partial charge in [0.2, 0.25) is 0 Å². The summed E-state index contributed by atoms with van der Waals surface area (Å²) in [5.74, 6) is 0.785. The van der Waals surface area contributed by atoms with Crippen LogP contribution in [0.15, 0.2) is 0 Å². The third-order valence-corrected chi connectivity index (χ3v) is 3.82. The van der Waals surface area contributed by atoms with Crippen molar-refractivity contribution in [3.05, 3.63) is 0 Å². The third kappa shape index (κ3) is 4.12. The monoisotopic (exact) mass is 213 g/mol. The Hall–Kier alpha value is -0.0800. The molecule has 0 aromatic heterocycles. The van der Waals surface area contributed by atoms with E-state index in [0.29, 0.717) is 11.5 Å². The Morgan fingerprint density at radius 1 is 1.33 bits per heavy atom. The van der Waals surface area contributed by atoms with Crippen LogP contribution in [0.25, 0.3) is 0 Å². The third-order valence-electron chi connectivity index (χ3n) is 3.82. The fraction of sp³-hybridized carbons (Fsp3) is 1.00. The number of hydrogen-bond donors (Lipinski definition) is 1. The van der Waals surface area contributed by atoms with Crippen LogP contribution in [-0.2, 0) is 4.74 Å². The van der Waals surface area contributed by atoms with Crippen molar-refractivity contribution in [1.29, 1.82) is 0 Å². The van der Waals surface area contributed by atoms with Gasteiger partial charge in [-0.2, -0.15) is 0 Å². The average Bonchev–Trinajstić information content (AvgIpc) is 2.20. The SMILES string of the molecule is CCC(C)C(C)NCCCC1(C)COC1. The molecule has 1 fully saturated rings. The molecule has 0 aliphatic carbocycles. The van der Waals surface area contributed by atoms with E-state index >= 15 is 0 Å². The Balaban J connectivity index is 2.01. The highest BCUT2D eigenvalue weighted by Gasteiger charge is 2.32. The molecule has 90 valence electrons. The Kier molecular flexibility index (Phi) is 5.07. The molecule has 0 aromatic rings. The van der Waals surface area contributed by atoms with E-state index in [2.05, 4.69) is 33.0 Å². The van der Waals surface area contributed by atoms with E-state index < -0.39 is 0 Å². The highest BCUT2D eigenvalue weighted by molar-refractivity contribution is 4.80. The van der Waals surface area contributed by atoms with Gasteiger partial charge >= 0.3 is 0 Å². The first-order valence-corrected chi connectivity index (χ1v) is 6.38. The predicted octanol–water partition coefficient (Wildman–Crippen LogP) is 2.83. The Morgan fingerprint density at radius 3 is 2.47 bits per heavy atom. The second kappa shape index (κ2) is 5.86. The van der Waals surface area contributed by atoms with Crippen LogP contribution in [0.1, 0.15) is 47.0 Å². The summed E-state index contributed by atoms with van der Waals surface area (Å²) in [6, 6.07) is 0.653. The van der Waals surface area contributed by atoms with Crippen molar-refractivity contribution in [2.24, 2.45) is 11.3 Å². The second-order valence-corrected chi connectivity index (χ2v) is 5.54. The zero-order valence-corrected chi connectivity index (χ0v) is 10.8. The lowest BCUT2D eigenvalue weighted by atomic mass is 9.84. The molecule has 1 N–H and O–H groups in total. The lowest BCUT2D eigenvalue weighted by Crippen LogP contribution is -2.40. The van der Waals surface area contributed by atoms with Gasteiger partial charge in [-0.3, -0.25) is 0 Å². The van der Waals surface area contributed by atoms with Crippen molar-refractivity contribution in [1.82, 2.24) is 5.32 Å². The van der Waals surface area contributed by atoms with E-state index in [1.807, 2.05) is 0 Å². The molecule has 2 unspecified atom stereocenters. The molecule has 2 atom stereocenters. The maximum absolute atomic E-state index is 5.25. The van der Waals surface area contributed by atoms with Crippen LogP contribution in [0.4, 0.5) is 0 Å². The maximum Gasteiger partial charge on any atom is 0.0542 e. The number of ether oxygens (including phenoxy) is 1. The van der Waals surface area contributed by atoms with E-state index in [4.69, 9.17) is 4.74 Å². The summed E-state index contributed by atoms with van der Waals surface area (Å²) in [6.07, 6.45) is 3.84. The number of rotatable bonds is 7. The van der Waals surface area contributed by atoms with Crippen molar-refractivity contribution in [3.8, 4) is 0 Å². The first-order chi connectivity index (χ1) is 7.07. The molecule has 0 aromatic carbocycles. The fourth-order valence-electron chi connectivity index (χ4n) is 1.99. The highest BCUT2D eigenvalue weighted by Crippen LogP contribution is 2.31. The maximum atomic E-state index is 5.25. The molecule has 2 nitrogen and oxygen atoms in total. The van der Waals surface area contributed by atoms with Gasteiger partial charge in [0.1, 0.15) is 0 Å². The molecule has 1 heterocycles. The van der Waals surface area contributed by atoms with Crippen molar-refractivity contribution in [2.45, 2.75) is 53.0 Å². The molecule has 0 spiro atoms. The van der Waals surface area contributed by atoms with Crippen LogP contribution in [0.3, 0.4) is 0 Å². The molecular formula is C13H27NO. The Bertz CT molecular complexity index is 177. The summed E-state index contributed by atoms with van der Waals surface area (Å²) in [5, 5.41) is 3.61. The van der Waals surface area contributed by atoms with Gasteiger partial charge in [-0.05, 0) is 32.2 Å². The largest absolute Gasteiger partial charge is 0.380 e. The van der Waals surface area contributed by atoms with Gasteiger partial charge in [-0.15, -0.1) is 0 Å². The van der Waals surface area contributed by atoms with Gasteiger partial charge in [0.25, 0.3) is 0 Å². The van der Waals surface area contributed by atoms with Crippen molar-refractivity contribution in [2.75, 3.05) is 19.8 Å². The minimum absolute atomic E-state index is 0.487. The Morgan fingerprint density at radius 2 is 2.00 bits per heavy atom. The fourth-order valence-corrected chi connectivity index (χ4v) is 1.99. The first-order valence-electron chi connectivity index (χ1n) is 6.38. The van der Waals surface area contributed by atoms with Crippen molar-refractivity contribution < 1.29 is 4.74 Å². The van der Waals surface area contributed by atoms with E-state index in [9.17, 15) is 0 Å². The van der Waals surface area contributed by atoms with Gasteiger partial charge in [0.15, 0.2) is 0 Å². The van der Waals surface area contributed by atoms with Crippen LogP contribution in [0, 0.1) is 11.3 Å². The minimum Gasteiger partial charge on any atom is -0.380 e. The van der Waals surface area contributed by atoms with Gasteiger partial charge in [-0.1, -0.05) is 27.2 Å². The van der Waals surface area contributed by atoms with Crippen LogP contribution in [-0.4, -0.2) is 25.8 Å². The highest BCUT2D eigenvalue weighted by atomic mass is 16.5. The number of nitrogens with one attached hydrogen (secondary N) is 1. The van der Waals surface area contributed by atoms with Gasteiger partial charge in [0, 0.05) is 11.5 Å². The molecule has 0 amide bonds. The summed E-state index contributed by atoms with van der Waals surface area (Å²) in [4.78, 5) is 0. The van der Waals surface area contributed by atoms with Gasteiger partial charge in [-0.25, -0.2) is 0 Å². The van der Waals surface area contributed by atoms with Gasteiger partial charge in [0.05, 0.1) is 13.2 Å². The zero-order chi connectivity index (χ0) is 11.3. The molecule has 1 rings (SSSR count). The van der Waals surface area contributed by atoms with E-state index in [1.54, 1.807) is 0 Å². The zero-order valence-electron chi connectivity index (χ0n) is 10.8. The summed E-state index contributed by atoms with van der Waals surface area (Å²) < 4.78 is 5.25. The van der Waals surface area contributed by atoms with Crippen LogP contribution in [0.2, 0.25) is 0 Å². The van der Waals surface area contributed by atoms with E-state index in [0.717, 1.165) is 25.7 Å². The molecule has 15 heavy (non-hydrogen) atoms. The molecular weight excluding hydrogens is 186 g/mol. The number of hydrogen-bond acceptors (Lipinski definition) is 2. The standard InChI is InChI=1S/C13H27NO/c1-5-11(2)12(3)14-8-6-7-13(4)9-15-10-13/h11-12,14H,5-10H2,1-4H3. The topological polar surface area (TPSA) is 21.3 Å². The van der Waals surface area contributed by atoms with Gasteiger partial charge < -0.3 is 10.1 Å². The molecule has 1 aliphatic rings. The average molecular weight is 213 g/mol. The first kappa shape index (κ1) is 13.0. The smallest absolute Gasteiger partial charge is 0.0542 e. The predicted molar refractivity (Wildman–Crippen MR) is 65.1 cm³/mol. The molecule has 0 radical (unpaired) electrons. The summed E-state index contributed by atoms with van der Waals surface area (Å²) in [6.45, 7) is 12.3. The van der Waals surface area contributed by atoms with Crippen molar-refractivity contribution in [3.63, 3.8) is 0 Å². The normalized spacial score (nSPS) is 23.2. The van der Waals surface area contributed by atoms with Crippen LogP contribution in [0.5, 0.6) is 0 Å². The molecule has 1 saturated heterocycles. The molecule has 0 bridgehead atoms. The minimum atomic E-state index is 0.487. The molecule has 1 aliphatic heterocycles. The van der Waals surface area contributed by atoms with E-state index in [1.165, 1.54) is 19.3 Å². The summed E-state index contributed by atoms with van der Waals surface area (Å²) >= 11 is 0. The van der Waals surface area contributed by atoms with Crippen LogP contribution >= 0.6 is 0 Å². The summed E-state index contributed by atoms with van der Waals surface area (Å²) in [7, 11) is 0. The summed E-state index contributed by atoms with van der Waals surface area (Å²) in [5.41, 5.74) is 0.487. The quantitative estimate of drug-likeness (QED) is 0.657. The Labute approximate surface area is 94.8 Å². The lowest BCUT2D eigenvalue weighted by Gasteiger charge is -2.38. The second-order valence-electron chi connectivity index (χ2n) is 5.54. The van der Waals surface area contributed by atoms with Crippen LogP contribution < -0.4 is 5.32 Å². The van der Waals surface area contributed by atoms with E-state index in [-0.39, 0.29) is 0 Å². The molecule has 2 heteroatoms. The van der Waals surface area contributed by atoms with Crippen molar-refractivity contribution >= 4 is 0 Å².